The minimum atomic E-state index is -4.53. The van der Waals surface area contributed by atoms with Gasteiger partial charge in [-0.3, -0.25) is 4.74 Å². The van der Waals surface area contributed by atoms with E-state index in [1.807, 2.05) is 0 Å². The molecule has 0 spiro atoms. The standard InChI is InChI=1S/C25H16F6NP/c26-18-4-1-7-22(14-18)33(23-8-2-5-19(27)15-23,24-9-3-6-20(28)16-24)32-21-12-10-17(11-13-21)25(29,30)31/h1-16H. The van der Waals surface area contributed by atoms with E-state index >= 15 is 0 Å². The van der Waals surface area contributed by atoms with Crippen LogP contribution in [-0.2, 0) is 6.18 Å². The summed E-state index contributed by atoms with van der Waals surface area (Å²) in [6.07, 6.45) is -4.53. The van der Waals surface area contributed by atoms with Crippen molar-refractivity contribution in [1.29, 1.82) is 0 Å². The average Bonchev–Trinajstić information content (AvgIpc) is 2.77. The summed E-state index contributed by atoms with van der Waals surface area (Å²) >= 11 is 0. The fourth-order valence-electron chi connectivity index (χ4n) is 3.54. The van der Waals surface area contributed by atoms with E-state index < -0.39 is 36.2 Å². The molecule has 4 rings (SSSR count). The van der Waals surface area contributed by atoms with Crippen LogP contribution < -0.4 is 15.9 Å². The second-order valence-electron chi connectivity index (χ2n) is 7.22. The minimum absolute atomic E-state index is 0.161. The van der Waals surface area contributed by atoms with Crippen LogP contribution in [0.2, 0.25) is 0 Å². The quantitative estimate of drug-likeness (QED) is 0.224. The second kappa shape index (κ2) is 8.91. The molecule has 0 aliphatic carbocycles. The molecule has 0 aromatic heterocycles. The van der Waals surface area contributed by atoms with Crippen LogP contribution >= 0.6 is 7.05 Å². The Morgan fingerprint density at radius 2 is 0.939 bits per heavy atom. The van der Waals surface area contributed by atoms with Crippen molar-refractivity contribution >= 4 is 28.7 Å². The van der Waals surface area contributed by atoms with Crippen LogP contribution in [0.25, 0.3) is 0 Å². The van der Waals surface area contributed by atoms with Gasteiger partial charge in [0.05, 0.1) is 18.3 Å². The fourth-order valence-corrected chi connectivity index (χ4v) is 7.10. The van der Waals surface area contributed by atoms with Gasteiger partial charge in [-0.15, -0.1) is 0 Å². The average molecular weight is 475 g/mol. The summed E-state index contributed by atoms with van der Waals surface area (Å²) in [5.41, 5.74) is -0.693. The van der Waals surface area contributed by atoms with Gasteiger partial charge in [0.15, 0.2) is 0 Å². The molecule has 0 atom stereocenters. The highest BCUT2D eigenvalue weighted by molar-refractivity contribution is 7.87. The van der Waals surface area contributed by atoms with Crippen LogP contribution in [-0.4, -0.2) is 0 Å². The monoisotopic (exact) mass is 475 g/mol. The Labute approximate surface area is 186 Å². The van der Waals surface area contributed by atoms with E-state index in [1.165, 1.54) is 66.7 Å². The summed E-state index contributed by atoms with van der Waals surface area (Å²) in [6, 6.07) is 20.7. The molecule has 0 unspecified atom stereocenters. The van der Waals surface area contributed by atoms with Crippen molar-refractivity contribution in [2.75, 3.05) is 0 Å². The van der Waals surface area contributed by atoms with Crippen LogP contribution in [0, 0.1) is 17.5 Å². The second-order valence-corrected chi connectivity index (χ2v) is 10.2. The van der Waals surface area contributed by atoms with Gasteiger partial charge in [-0.05, 0) is 60.7 Å². The number of alkyl halides is 3. The summed E-state index contributed by atoms with van der Waals surface area (Å²) in [6.45, 7) is 0. The van der Waals surface area contributed by atoms with Crippen molar-refractivity contribution in [3.05, 3.63) is 120 Å². The van der Waals surface area contributed by atoms with E-state index in [1.54, 1.807) is 18.2 Å². The Hall–Kier alpha value is -3.31. The number of rotatable bonds is 4. The van der Waals surface area contributed by atoms with Crippen molar-refractivity contribution < 1.29 is 26.3 Å². The van der Waals surface area contributed by atoms with E-state index in [-0.39, 0.29) is 5.69 Å². The van der Waals surface area contributed by atoms with Gasteiger partial charge in [-0.25, -0.2) is 13.2 Å². The lowest BCUT2D eigenvalue weighted by Crippen LogP contribution is -2.26. The molecular formula is C25H16F6NP. The van der Waals surface area contributed by atoms with Crippen molar-refractivity contribution in [3.8, 4) is 0 Å². The van der Waals surface area contributed by atoms with Gasteiger partial charge in [-0.2, -0.15) is 13.2 Å². The number of hydrogen-bond donors (Lipinski definition) is 0. The van der Waals surface area contributed by atoms with Crippen molar-refractivity contribution in [1.82, 2.24) is 0 Å². The van der Waals surface area contributed by atoms with Gasteiger partial charge >= 0.3 is 6.18 Å². The zero-order valence-electron chi connectivity index (χ0n) is 16.9. The zero-order chi connectivity index (χ0) is 23.6. The summed E-state index contributed by atoms with van der Waals surface area (Å²) in [7, 11) is -3.29. The van der Waals surface area contributed by atoms with Crippen LogP contribution in [0.4, 0.5) is 32.0 Å². The molecule has 4 aromatic rings. The largest absolute Gasteiger partial charge is 0.416 e. The molecule has 1 nitrogen and oxygen atoms in total. The van der Waals surface area contributed by atoms with E-state index in [0.717, 1.165) is 12.1 Å². The zero-order valence-corrected chi connectivity index (χ0v) is 17.8. The molecule has 8 heteroatoms. The molecule has 0 saturated carbocycles. The molecule has 0 amide bonds. The molecule has 0 fully saturated rings. The summed E-state index contributed by atoms with van der Waals surface area (Å²) < 4.78 is 86.8. The van der Waals surface area contributed by atoms with Crippen molar-refractivity contribution in [3.63, 3.8) is 0 Å². The van der Waals surface area contributed by atoms with Crippen LogP contribution in [0.3, 0.4) is 0 Å². The maximum atomic E-state index is 14.3. The Morgan fingerprint density at radius 1 is 0.545 bits per heavy atom. The number of nitrogens with zero attached hydrogens (tertiary/aromatic N) is 1. The maximum Gasteiger partial charge on any atom is 0.416 e. The predicted molar refractivity (Wildman–Crippen MR) is 119 cm³/mol. The first kappa shape index (κ1) is 22.9. The third-order valence-corrected chi connectivity index (χ3v) is 8.61. The lowest BCUT2D eigenvalue weighted by molar-refractivity contribution is -0.137. The van der Waals surface area contributed by atoms with Gasteiger partial charge in [-0.1, -0.05) is 36.4 Å². The lowest BCUT2D eigenvalue weighted by Gasteiger charge is -2.27. The first-order chi connectivity index (χ1) is 15.7. The molecule has 0 radical (unpaired) electrons. The number of hydrogen-bond acceptors (Lipinski definition) is 1. The fraction of sp³-hybridized carbons (Fsp3) is 0.0400. The van der Waals surface area contributed by atoms with E-state index in [0.29, 0.717) is 15.9 Å². The Bertz CT molecular complexity index is 1230. The highest BCUT2D eigenvalue weighted by Gasteiger charge is 2.31. The SMILES string of the molecule is Fc1cccc(P(=Nc2ccc(C(F)(F)F)cc2)(c2cccc(F)c2)c2cccc(F)c2)c1. The molecule has 0 N–H and O–H groups in total. The van der Waals surface area contributed by atoms with Crippen molar-refractivity contribution in [2.45, 2.75) is 6.18 Å². The lowest BCUT2D eigenvalue weighted by atomic mass is 10.2. The number of benzene rings is 4. The van der Waals surface area contributed by atoms with Gasteiger partial charge in [0.25, 0.3) is 0 Å². The topological polar surface area (TPSA) is 12.4 Å². The van der Waals surface area contributed by atoms with Gasteiger partial charge < -0.3 is 0 Å². The molecule has 4 aromatic carbocycles. The molecule has 33 heavy (non-hydrogen) atoms. The third-order valence-electron chi connectivity index (χ3n) is 5.01. The van der Waals surface area contributed by atoms with Gasteiger partial charge in [0.1, 0.15) is 17.5 Å². The molecular weight excluding hydrogens is 459 g/mol. The summed E-state index contributed by atoms with van der Waals surface area (Å²) in [4.78, 5) is 0. The molecule has 0 aliphatic rings. The third kappa shape index (κ3) is 4.74. The van der Waals surface area contributed by atoms with Crippen LogP contribution in [0.15, 0.2) is 102 Å². The van der Waals surface area contributed by atoms with Gasteiger partial charge in [0.2, 0.25) is 0 Å². The smallest absolute Gasteiger partial charge is 0.254 e. The van der Waals surface area contributed by atoms with Crippen LogP contribution in [0.5, 0.6) is 0 Å². The molecule has 0 aliphatic heterocycles. The maximum absolute atomic E-state index is 14.3. The van der Waals surface area contributed by atoms with Crippen LogP contribution in [0.1, 0.15) is 5.56 Å². The highest BCUT2D eigenvalue weighted by atomic mass is 31.2. The first-order valence-corrected chi connectivity index (χ1v) is 11.5. The Morgan fingerprint density at radius 3 is 1.27 bits per heavy atom. The summed E-state index contributed by atoms with van der Waals surface area (Å²) in [5, 5.41) is 1.08. The van der Waals surface area contributed by atoms with E-state index in [4.69, 9.17) is 4.74 Å². The molecule has 0 saturated heterocycles. The predicted octanol–water partition coefficient (Wildman–Crippen LogP) is 6.93. The molecule has 0 heterocycles. The molecule has 168 valence electrons. The first-order valence-electron chi connectivity index (χ1n) is 9.76. The van der Waals surface area contributed by atoms with E-state index in [2.05, 4.69) is 0 Å². The normalized spacial score (nSPS) is 11.9. The van der Waals surface area contributed by atoms with Gasteiger partial charge in [0, 0.05) is 15.9 Å². The van der Waals surface area contributed by atoms with E-state index in [9.17, 15) is 26.3 Å². The number of halogens is 6. The van der Waals surface area contributed by atoms with Crippen molar-refractivity contribution in [2.24, 2.45) is 4.74 Å². The Kier molecular flexibility index (Phi) is 6.17. The highest BCUT2D eigenvalue weighted by Crippen LogP contribution is 2.49. The Balaban J connectivity index is 2.11. The molecule has 0 bridgehead atoms. The minimum Gasteiger partial charge on any atom is -0.254 e. The summed E-state index contributed by atoms with van der Waals surface area (Å²) in [5.74, 6) is -1.73.